The molecule has 0 saturated carbocycles. The van der Waals surface area contributed by atoms with Gasteiger partial charge in [0.15, 0.2) is 0 Å². The molecule has 2 aromatic rings. The molecule has 0 aliphatic rings. The minimum absolute atomic E-state index is 0.0875. The van der Waals surface area contributed by atoms with Crippen LogP contribution in [-0.2, 0) is 0 Å². The number of aryl methyl sites for hydroxylation is 1. The Balaban J connectivity index is 2.06. The van der Waals surface area contributed by atoms with E-state index in [1.807, 2.05) is 19.2 Å². The predicted molar refractivity (Wildman–Crippen MR) is 74.9 cm³/mol. The third kappa shape index (κ3) is 3.55. The SMILES string of the molecule is CNC(COc1cccc(F)c1)c1ccccc1C. The highest BCUT2D eigenvalue weighted by atomic mass is 19.1. The van der Waals surface area contributed by atoms with Gasteiger partial charge in [-0.2, -0.15) is 0 Å². The summed E-state index contributed by atoms with van der Waals surface area (Å²) < 4.78 is 18.7. The van der Waals surface area contributed by atoms with Gasteiger partial charge in [-0.05, 0) is 37.2 Å². The number of hydrogen-bond acceptors (Lipinski definition) is 2. The minimum atomic E-state index is -0.283. The number of hydrogen-bond donors (Lipinski definition) is 1. The lowest BCUT2D eigenvalue weighted by Gasteiger charge is -2.19. The van der Waals surface area contributed by atoms with E-state index < -0.39 is 0 Å². The van der Waals surface area contributed by atoms with Crippen molar-refractivity contribution in [3.63, 3.8) is 0 Å². The third-order valence-corrected chi connectivity index (χ3v) is 3.13. The molecule has 2 rings (SSSR count). The zero-order valence-electron chi connectivity index (χ0n) is 11.2. The van der Waals surface area contributed by atoms with Gasteiger partial charge in [0.05, 0.1) is 6.04 Å². The van der Waals surface area contributed by atoms with Gasteiger partial charge in [-0.25, -0.2) is 4.39 Å². The average Bonchev–Trinajstić information content (AvgIpc) is 2.41. The van der Waals surface area contributed by atoms with Crippen molar-refractivity contribution in [1.29, 1.82) is 0 Å². The summed E-state index contributed by atoms with van der Waals surface area (Å²) in [5.41, 5.74) is 2.41. The van der Waals surface area contributed by atoms with E-state index in [4.69, 9.17) is 4.74 Å². The van der Waals surface area contributed by atoms with Gasteiger partial charge in [0.1, 0.15) is 18.2 Å². The first-order valence-electron chi connectivity index (χ1n) is 6.32. The number of benzene rings is 2. The first-order valence-corrected chi connectivity index (χ1v) is 6.32. The monoisotopic (exact) mass is 259 g/mol. The van der Waals surface area contributed by atoms with Crippen LogP contribution in [0.5, 0.6) is 5.75 Å². The Morgan fingerprint density at radius 3 is 2.63 bits per heavy atom. The zero-order valence-corrected chi connectivity index (χ0v) is 11.2. The van der Waals surface area contributed by atoms with Crippen LogP contribution in [0.1, 0.15) is 17.2 Å². The van der Waals surface area contributed by atoms with E-state index in [2.05, 4.69) is 24.4 Å². The highest BCUT2D eigenvalue weighted by Gasteiger charge is 2.12. The van der Waals surface area contributed by atoms with Crippen LogP contribution >= 0.6 is 0 Å². The normalized spacial score (nSPS) is 12.2. The standard InChI is InChI=1S/C16H18FNO/c1-12-6-3-4-9-15(12)16(18-2)11-19-14-8-5-7-13(17)10-14/h3-10,16,18H,11H2,1-2H3. The summed E-state index contributed by atoms with van der Waals surface area (Å²) >= 11 is 0. The van der Waals surface area contributed by atoms with Crippen LogP contribution in [0.4, 0.5) is 4.39 Å². The molecule has 100 valence electrons. The van der Waals surface area contributed by atoms with E-state index >= 15 is 0 Å². The summed E-state index contributed by atoms with van der Waals surface area (Å²) in [6, 6.07) is 14.5. The Labute approximate surface area is 113 Å². The van der Waals surface area contributed by atoms with Crippen molar-refractivity contribution in [1.82, 2.24) is 5.32 Å². The quantitative estimate of drug-likeness (QED) is 0.887. The van der Waals surface area contributed by atoms with Crippen molar-refractivity contribution in [3.05, 3.63) is 65.5 Å². The molecule has 0 aliphatic heterocycles. The Bertz CT molecular complexity index is 542. The molecular weight excluding hydrogens is 241 g/mol. The van der Waals surface area contributed by atoms with E-state index in [9.17, 15) is 4.39 Å². The molecule has 1 unspecified atom stereocenters. The highest BCUT2D eigenvalue weighted by Crippen LogP contribution is 2.19. The second-order valence-electron chi connectivity index (χ2n) is 4.47. The lowest BCUT2D eigenvalue weighted by molar-refractivity contribution is 0.271. The maximum atomic E-state index is 13.1. The minimum Gasteiger partial charge on any atom is -0.492 e. The lowest BCUT2D eigenvalue weighted by atomic mass is 10.0. The maximum Gasteiger partial charge on any atom is 0.126 e. The predicted octanol–water partition coefficient (Wildman–Crippen LogP) is 3.47. The molecule has 0 fully saturated rings. The Morgan fingerprint density at radius 2 is 1.95 bits per heavy atom. The van der Waals surface area contributed by atoms with Crippen LogP contribution in [0.25, 0.3) is 0 Å². The van der Waals surface area contributed by atoms with Gasteiger partial charge in [0, 0.05) is 6.07 Å². The van der Waals surface area contributed by atoms with Crippen molar-refractivity contribution >= 4 is 0 Å². The summed E-state index contributed by atoms with van der Waals surface area (Å²) in [6.45, 7) is 2.53. The van der Waals surface area contributed by atoms with Gasteiger partial charge in [0.2, 0.25) is 0 Å². The summed E-state index contributed by atoms with van der Waals surface area (Å²) in [5, 5.41) is 3.23. The zero-order chi connectivity index (χ0) is 13.7. The molecule has 2 aromatic carbocycles. The fourth-order valence-electron chi connectivity index (χ4n) is 2.04. The summed E-state index contributed by atoms with van der Waals surface area (Å²) in [4.78, 5) is 0. The highest BCUT2D eigenvalue weighted by molar-refractivity contribution is 5.29. The summed E-state index contributed by atoms with van der Waals surface area (Å²) in [7, 11) is 1.89. The molecule has 0 saturated heterocycles. The fraction of sp³-hybridized carbons (Fsp3) is 0.250. The van der Waals surface area contributed by atoms with Crippen LogP contribution in [-0.4, -0.2) is 13.7 Å². The van der Waals surface area contributed by atoms with Gasteiger partial charge in [0.25, 0.3) is 0 Å². The molecule has 0 spiro atoms. The van der Waals surface area contributed by atoms with Crippen molar-refractivity contribution < 1.29 is 9.13 Å². The van der Waals surface area contributed by atoms with E-state index in [0.29, 0.717) is 12.4 Å². The Kier molecular flexibility index (Phi) is 4.53. The molecule has 0 heterocycles. The fourth-order valence-corrected chi connectivity index (χ4v) is 2.04. The first-order chi connectivity index (χ1) is 9.20. The van der Waals surface area contributed by atoms with Gasteiger partial charge in [-0.3, -0.25) is 0 Å². The number of nitrogens with one attached hydrogen (secondary N) is 1. The lowest BCUT2D eigenvalue weighted by Crippen LogP contribution is -2.24. The van der Waals surface area contributed by atoms with Crippen LogP contribution in [0.3, 0.4) is 0 Å². The molecule has 1 N–H and O–H groups in total. The molecule has 0 amide bonds. The molecule has 19 heavy (non-hydrogen) atoms. The van der Waals surface area contributed by atoms with Gasteiger partial charge >= 0.3 is 0 Å². The van der Waals surface area contributed by atoms with Crippen LogP contribution in [0, 0.1) is 12.7 Å². The topological polar surface area (TPSA) is 21.3 Å². The van der Waals surface area contributed by atoms with Gasteiger partial charge in [-0.1, -0.05) is 30.3 Å². The van der Waals surface area contributed by atoms with Crippen molar-refractivity contribution in [2.45, 2.75) is 13.0 Å². The molecule has 0 aliphatic carbocycles. The van der Waals surface area contributed by atoms with Crippen LogP contribution in [0.2, 0.25) is 0 Å². The van der Waals surface area contributed by atoms with E-state index in [1.54, 1.807) is 12.1 Å². The second-order valence-corrected chi connectivity index (χ2v) is 4.47. The van der Waals surface area contributed by atoms with Gasteiger partial charge in [-0.15, -0.1) is 0 Å². The average molecular weight is 259 g/mol. The maximum absolute atomic E-state index is 13.1. The molecule has 3 heteroatoms. The number of likely N-dealkylation sites (N-methyl/N-ethyl adjacent to an activating group) is 1. The second kappa shape index (κ2) is 6.34. The van der Waals surface area contributed by atoms with Gasteiger partial charge < -0.3 is 10.1 Å². The third-order valence-electron chi connectivity index (χ3n) is 3.13. The van der Waals surface area contributed by atoms with Crippen LogP contribution in [0.15, 0.2) is 48.5 Å². The molecule has 2 nitrogen and oxygen atoms in total. The Morgan fingerprint density at radius 1 is 1.16 bits per heavy atom. The number of halogens is 1. The molecule has 0 aromatic heterocycles. The Hall–Kier alpha value is -1.87. The summed E-state index contributed by atoms with van der Waals surface area (Å²) in [5.74, 6) is 0.267. The van der Waals surface area contributed by atoms with Crippen molar-refractivity contribution in [3.8, 4) is 5.75 Å². The van der Waals surface area contributed by atoms with E-state index in [0.717, 1.165) is 0 Å². The molecule has 0 radical (unpaired) electrons. The van der Waals surface area contributed by atoms with Crippen LogP contribution < -0.4 is 10.1 Å². The van der Waals surface area contributed by atoms with E-state index in [-0.39, 0.29) is 11.9 Å². The number of rotatable bonds is 5. The molecule has 0 bridgehead atoms. The first kappa shape index (κ1) is 13.6. The molecule has 1 atom stereocenters. The largest absolute Gasteiger partial charge is 0.492 e. The van der Waals surface area contributed by atoms with E-state index in [1.165, 1.54) is 23.3 Å². The van der Waals surface area contributed by atoms with Crippen molar-refractivity contribution in [2.75, 3.05) is 13.7 Å². The van der Waals surface area contributed by atoms with Crippen molar-refractivity contribution in [2.24, 2.45) is 0 Å². The smallest absolute Gasteiger partial charge is 0.126 e. The molecular formula is C16H18FNO. The number of ether oxygens (including phenoxy) is 1. The summed E-state index contributed by atoms with van der Waals surface area (Å²) in [6.07, 6.45) is 0.